The van der Waals surface area contributed by atoms with Crippen LogP contribution in [0.5, 0.6) is 0 Å². The summed E-state index contributed by atoms with van der Waals surface area (Å²) in [7, 11) is -3.69. The van der Waals surface area contributed by atoms with E-state index < -0.39 is 15.7 Å². The Balaban J connectivity index is 0.00000364. The van der Waals surface area contributed by atoms with Crippen molar-refractivity contribution < 1.29 is 12.8 Å². The molecule has 1 saturated heterocycles. The number of hydrogen-bond acceptors (Lipinski definition) is 4. The van der Waals surface area contributed by atoms with Gasteiger partial charge in [0.25, 0.3) is 0 Å². The molecule has 1 aliphatic rings. The number of rotatable bonds is 6. The van der Waals surface area contributed by atoms with Gasteiger partial charge in [0.05, 0.1) is 12.3 Å². The van der Waals surface area contributed by atoms with E-state index in [1.165, 1.54) is 18.2 Å². The summed E-state index contributed by atoms with van der Waals surface area (Å²) in [6.07, 6.45) is 0. The first-order valence-electron chi connectivity index (χ1n) is 8.97. The molecular weight excluding hydrogens is 500 g/mol. The molecule has 1 heterocycles. The molecule has 0 aromatic heterocycles. The molecule has 0 amide bonds. The monoisotopic (exact) mass is 529 g/mol. The van der Waals surface area contributed by atoms with Crippen molar-refractivity contribution in [1.82, 2.24) is 10.2 Å². The van der Waals surface area contributed by atoms with Crippen LogP contribution in [0.2, 0.25) is 0 Å². The third-order valence-electron chi connectivity index (χ3n) is 4.26. The quantitative estimate of drug-likeness (QED) is 0.349. The van der Waals surface area contributed by atoms with Gasteiger partial charge in [0, 0.05) is 30.6 Å². The first-order chi connectivity index (χ1) is 12.3. The minimum atomic E-state index is -3.69. The van der Waals surface area contributed by atoms with Gasteiger partial charge in [0.15, 0.2) is 15.8 Å². The molecule has 1 N–H and O–H groups in total. The van der Waals surface area contributed by atoms with Crippen molar-refractivity contribution in [2.75, 3.05) is 37.7 Å². The smallest absolute Gasteiger partial charge is 0.194 e. The van der Waals surface area contributed by atoms with Crippen LogP contribution in [0.4, 0.5) is 4.39 Å². The van der Waals surface area contributed by atoms with Gasteiger partial charge in [-0.25, -0.2) is 12.8 Å². The van der Waals surface area contributed by atoms with Crippen LogP contribution >= 0.6 is 35.7 Å². The number of thioether (sulfide) groups is 1. The van der Waals surface area contributed by atoms with Gasteiger partial charge in [-0.3, -0.25) is 4.99 Å². The van der Waals surface area contributed by atoms with Gasteiger partial charge >= 0.3 is 0 Å². The lowest BCUT2D eigenvalue weighted by Gasteiger charge is -2.36. The molecule has 0 saturated carbocycles. The molecular formula is C18H29FIN3O2S2. The number of guanidine groups is 1. The normalized spacial score (nSPS) is 18.3. The second kappa shape index (κ2) is 11.5. The molecule has 27 heavy (non-hydrogen) atoms. The van der Waals surface area contributed by atoms with Gasteiger partial charge in [-0.2, -0.15) is 11.8 Å². The van der Waals surface area contributed by atoms with Crippen LogP contribution in [-0.2, 0) is 9.84 Å². The van der Waals surface area contributed by atoms with E-state index in [2.05, 4.69) is 29.1 Å². The molecule has 0 aliphatic carbocycles. The third-order valence-corrected chi connectivity index (χ3v) is 7.53. The largest absolute Gasteiger partial charge is 0.357 e. The maximum Gasteiger partial charge on any atom is 0.194 e. The van der Waals surface area contributed by atoms with Crippen LogP contribution in [0.3, 0.4) is 0 Å². The maximum absolute atomic E-state index is 13.8. The number of benzene rings is 1. The molecule has 1 atom stereocenters. The first-order valence-corrected chi connectivity index (χ1v) is 11.7. The van der Waals surface area contributed by atoms with E-state index in [4.69, 9.17) is 0 Å². The molecule has 1 aliphatic heterocycles. The molecule has 1 unspecified atom stereocenters. The van der Waals surface area contributed by atoms with Crippen molar-refractivity contribution in [2.24, 2.45) is 10.9 Å². The fraction of sp³-hybridized carbons (Fsp3) is 0.611. The Hall–Kier alpha value is -0.550. The lowest BCUT2D eigenvalue weighted by Crippen LogP contribution is -2.49. The molecule has 1 aromatic rings. The van der Waals surface area contributed by atoms with Crippen molar-refractivity contribution in [3.63, 3.8) is 0 Å². The molecule has 0 spiro atoms. The fourth-order valence-corrected chi connectivity index (χ4v) is 5.28. The topological polar surface area (TPSA) is 61.8 Å². The van der Waals surface area contributed by atoms with E-state index in [1.54, 1.807) is 0 Å². The predicted molar refractivity (Wildman–Crippen MR) is 123 cm³/mol. The minimum absolute atomic E-state index is 0. The van der Waals surface area contributed by atoms with Gasteiger partial charge in [-0.1, -0.05) is 26.0 Å². The van der Waals surface area contributed by atoms with E-state index in [-0.39, 0.29) is 41.2 Å². The van der Waals surface area contributed by atoms with Crippen molar-refractivity contribution in [3.05, 3.63) is 30.1 Å². The highest BCUT2D eigenvalue weighted by atomic mass is 127. The number of aliphatic imine (C=N–C) groups is 1. The Morgan fingerprint density at radius 1 is 1.41 bits per heavy atom. The highest BCUT2D eigenvalue weighted by Gasteiger charge is 2.25. The van der Waals surface area contributed by atoms with Crippen molar-refractivity contribution >= 4 is 51.5 Å². The first kappa shape index (κ1) is 24.5. The van der Waals surface area contributed by atoms with Gasteiger partial charge < -0.3 is 10.2 Å². The van der Waals surface area contributed by atoms with Crippen LogP contribution in [0, 0.1) is 11.7 Å². The molecule has 0 radical (unpaired) electrons. The number of sulfone groups is 1. The van der Waals surface area contributed by atoms with Gasteiger partial charge in [-0.15, -0.1) is 24.0 Å². The van der Waals surface area contributed by atoms with E-state index >= 15 is 0 Å². The predicted octanol–water partition coefficient (Wildman–Crippen LogP) is 3.26. The molecule has 1 aromatic carbocycles. The van der Waals surface area contributed by atoms with E-state index in [1.807, 2.05) is 18.7 Å². The second-order valence-electron chi connectivity index (χ2n) is 6.58. The molecule has 154 valence electrons. The summed E-state index contributed by atoms with van der Waals surface area (Å²) in [4.78, 5) is 6.43. The van der Waals surface area contributed by atoms with E-state index in [0.29, 0.717) is 11.2 Å². The van der Waals surface area contributed by atoms with Gasteiger partial charge in [0.1, 0.15) is 10.7 Å². The summed E-state index contributed by atoms with van der Waals surface area (Å²) in [6.45, 7) is 9.03. The van der Waals surface area contributed by atoms with Crippen LogP contribution in [0.1, 0.15) is 20.8 Å². The summed E-state index contributed by atoms with van der Waals surface area (Å²) < 4.78 is 38.5. The SMILES string of the molecule is CCNC(=NCCS(=O)(=O)c1ccccc1F)N1CCSC(C(C)C)C1.I. The maximum atomic E-state index is 13.8. The zero-order valence-electron chi connectivity index (χ0n) is 16.0. The fourth-order valence-electron chi connectivity index (χ4n) is 2.78. The Labute approximate surface area is 183 Å². The lowest BCUT2D eigenvalue weighted by molar-refractivity contribution is 0.381. The van der Waals surface area contributed by atoms with Crippen LogP contribution in [0.15, 0.2) is 34.2 Å². The number of nitrogens with one attached hydrogen (secondary N) is 1. The standard InChI is InChI=1S/C18H28FN3O2S2.HI/c1-4-20-18(22-10-11-25-16(13-22)14(2)3)21-9-12-26(23,24)17-8-6-5-7-15(17)19;/h5-8,14,16H,4,9-13H2,1-3H3,(H,20,21);1H. The Bertz CT molecular complexity index is 729. The minimum Gasteiger partial charge on any atom is -0.357 e. The van der Waals surface area contributed by atoms with E-state index in [0.717, 1.165) is 37.4 Å². The van der Waals surface area contributed by atoms with Crippen LogP contribution in [0.25, 0.3) is 0 Å². The number of nitrogens with zero attached hydrogens (tertiary/aromatic N) is 2. The zero-order chi connectivity index (χ0) is 19.2. The van der Waals surface area contributed by atoms with Gasteiger partial charge in [-0.05, 0) is 25.0 Å². The molecule has 1 fully saturated rings. The third kappa shape index (κ3) is 7.08. The lowest BCUT2D eigenvalue weighted by atomic mass is 10.1. The molecule has 5 nitrogen and oxygen atoms in total. The highest BCUT2D eigenvalue weighted by molar-refractivity contribution is 14.0. The molecule has 0 bridgehead atoms. The van der Waals surface area contributed by atoms with Gasteiger partial charge in [0.2, 0.25) is 0 Å². The Morgan fingerprint density at radius 3 is 2.74 bits per heavy atom. The summed E-state index contributed by atoms with van der Waals surface area (Å²) in [5.41, 5.74) is 0. The van der Waals surface area contributed by atoms with E-state index in [9.17, 15) is 12.8 Å². The highest BCUT2D eigenvalue weighted by Crippen LogP contribution is 2.25. The van der Waals surface area contributed by atoms with Crippen LogP contribution < -0.4 is 5.32 Å². The summed E-state index contributed by atoms with van der Waals surface area (Å²) in [5, 5.41) is 3.78. The van der Waals surface area contributed by atoms with Crippen molar-refractivity contribution in [3.8, 4) is 0 Å². The Morgan fingerprint density at radius 2 is 2.11 bits per heavy atom. The van der Waals surface area contributed by atoms with Crippen LogP contribution in [-0.4, -0.2) is 62.2 Å². The zero-order valence-corrected chi connectivity index (χ0v) is 20.0. The second-order valence-corrected chi connectivity index (χ2v) is 10.0. The van der Waals surface area contributed by atoms with Crippen molar-refractivity contribution in [1.29, 1.82) is 0 Å². The molecule has 2 rings (SSSR count). The number of halogens is 2. The summed E-state index contributed by atoms with van der Waals surface area (Å²) in [6, 6.07) is 5.47. The van der Waals surface area contributed by atoms with Crippen molar-refractivity contribution in [2.45, 2.75) is 30.9 Å². The Kier molecular flexibility index (Phi) is 10.4. The molecule has 9 heteroatoms. The summed E-state index contributed by atoms with van der Waals surface area (Å²) >= 11 is 1.98. The average Bonchev–Trinajstić information content (AvgIpc) is 2.61. The number of hydrogen-bond donors (Lipinski definition) is 1. The summed E-state index contributed by atoms with van der Waals surface area (Å²) in [5.74, 6) is 1.42. The average molecular weight is 529 g/mol.